The van der Waals surface area contributed by atoms with Crippen molar-refractivity contribution in [3.8, 4) is 0 Å². The summed E-state index contributed by atoms with van der Waals surface area (Å²) < 4.78 is 0. The van der Waals surface area contributed by atoms with Crippen LogP contribution < -0.4 is 5.32 Å². The minimum atomic E-state index is -0.770. The number of aromatic nitrogens is 2. The molecule has 0 amide bonds. The first-order valence-electron chi connectivity index (χ1n) is 5.38. The highest BCUT2D eigenvalue weighted by Gasteiger charge is 2.34. The molecular formula is C11H17N3O2. The van der Waals surface area contributed by atoms with Crippen molar-refractivity contribution in [2.75, 3.05) is 11.9 Å². The second-order valence-electron chi connectivity index (χ2n) is 3.74. The molecule has 0 spiro atoms. The van der Waals surface area contributed by atoms with Gasteiger partial charge in [-0.15, -0.1) is 0 Å². The summed E-state index contributed by atoms with van der Waals surface area (Å²) in [6, 6.07) is 0. The third kappa shape index (κ3) is 2.68. The minimum Gasteiger partial charge on any atom is -0.481 e. The van der Waals surface area contributed by atoms with E-state index < -0.39 is 11.4 Å². The highest BCUT2D eigenvalue weighted by Crippen LogP contribution is 2.26. The Bertz CT molecular complexity index is 336. The van der Waals surface area contributed by atoms with Crippen molar-refractivity contribution in [1.29, 1.82) is 0 Å². The van der Waals surface area contributed by atoms with Gasteiger partial charge in [0, 0.05) is 18.9 Å². The molecule has 1 rings (SSSR count). The summed E-state index contributed by atoms with van der Waals surface area (Å²) in [5, 5.41) is 12.2. The fourth-order valence-corrected chi connectivity index (χ4v) is 1.53. The van der Waals surface area contributed by atoms with Gasteiger partial charge in [0.05, 0.1) is 11.6 Å². The number of hydrogen-bond acceptors (Lipinski definition) is 4. The first-order chi connectivity index (χ1) is 7.64. The lowest BCUT2D eigenvalue weighted by Crippen LogP contribution is -2.37. The van der Waals surface area contributed by atoms with E-state index in [4.69, 9.17) is 0 Å². The summed E-state index contributed by atoms with van der Waals surface area (Å²) in [6.45, 7) is 4.14. The first kappa shape index (κ1) is 12.4. The fourth-order valence-electron chi connectivity index (χ4n) is 1.53. The van der Waals surface area contributed by atoms with E-state index >= 15 is 0 Å². The zero-order valence-electron chi connectivity index (χ0n) is 9.60. The maximum Gasteiger partial charge on any atom is 0.311 e. The largest absolute Gasteiger partial charge is 0.481 e. The maximum absolute atomic E-state index is 11.2. The number of carboxylic acid groups (broad SMARTS) is 1. The third-order valence-corrected chi connectivity index (χ3v) is 2.98. The van der Waals surface area contributed by atoms with Crippen LogP contribution in [-0.2, 0) is 4.79 Å². The van der Waals surface area contributed by atoms with Crippen LogP contribution in [0.25, 0.3) is 0 Å². The van der Waals surface area contributed by atoms with Gasteiger partial charge in [0.1, 0.15) is 5.82 Å². The fraction of sp³-hybridized carbons (Fsp3) is 0.545. The minimum absolute atomic E-state index is 0.369. The molecule has 0 saturated carbocycles. The molecule has 1 aromatic rings. The Balaban J connectivity index is 2.67. The van der Waals surface area contributed by atoms with Crippen LogP contribution in [0.2, 0.25) is 0 Å². The Labute approximate surface area is 94.9 Å². The molecule has 2 N–H and O–H groups in total. The molecule has 0 bridgehead atoms. The molecule has 0 aliphatic carbocycles. The highest BCUT2D eigenvalue weighted by molar-refractivity contribution is 5.75. The Hall–Kier alpha value is -1.65. The van der Waals surface area contributed by atoms with Gasteiger partial charge in [0.2, 0.25) is 0 Å². The van der Waals surface area contributed by atoms with Crippen molar-refractivity contribution >= 4 is 11.8 Å². The summed E-state index contributed by atoms with van der Waals surface area (Å²) in [7, 11) is 0. The number of anilines is 1. The molecule has 16 heavy (non-hydrogen) atoms. The molecule has 1 aromatic heterocycles. The second kappa shape index (κ2) is 5.44. The molecular weight excluding hydrogens is 206 g/mol. The number of hydrogen-bond donors (Lipinski definition) is 2. The van der Waals surface area contributed by atoms with Crippen molar-refractivity contribution in [3.63, 3.8) is 0 Å². The van der Waals surface area contributed by atoms with Crippen LogP contribution in [0, 0.1) is 5.41 Å². The SMILES string of the molecule is CCC(CC)(CNc1cnccn1)C(=O)O. The number of nitrogens with zero attached hydrogens (tertiary/aromatic N) is 2. The van der Waals surface area contributed by atoms with E-state index in [1.54, 1.807) is 18.6 Å². The zero-order chi connectivity index (χ0) is 12.0. The van der Waals surface area contributed by atoms with Gasteiger partial charge >= 0.3 is 5.97 Å². The predicted molar refractivity (Wildman–Crippen MR) is 61.2 cm³/mol. The van der Waals surface area contributed by atoms with Gasteiger partial charge in [0.25, 0.3) is 0 Å². The molecule has 1 heterocycles. The lowest BCUT2D eigenvalue weighted by Gasteiger charge is -2.26. The molecule has 0 aliphatic heterocycles. The average molecular weight is 223 g/mol. The normalized spacial score (nSPS) is 11.1. The van der Waals surface area contributed by atoms with Gasteiger partial charge in [-0.2, -0.15) is 0 Å². The number of carbonyl (C=O) groups is 1. The Morgan fingerprint density at radius 1 is 1.44 bits per heavy atom. The standard InChI is InChI=1S/C11H17N3O2/c1-3-11(4-2,10(15)16)8-14-9-7-12-5-6-13-9/h5-7H,3-4,8H2,1-2H3,(H,13,14)(H,15,16). The quantitative estimate of drug-likeness (QED) is 0.768. The number of rotatable bonds is 6. The Morgan fingerprint density at radius 2 is 2.12 bits per heavy atom. The number of carboxylic acids is 1. The number of nitrogens with one attached hydrogen (secondary N) is 1. The topological polar surface area (TPSA) is 75.1 Å². The van der Waals surface area contributed by atoms with Crippen LogP contribution in [0.15, 0.2) is 18.6 Å². The van der Waals surface area contributed by atoms with Crippen molar-refractivity contribution in [2.24, 2.45) is 5.41 Å². The van der Waals surface area contributed by atoms with E-state index in [0.29, 0.717) is 25.2 Å². The predicted octanol–water partition coefficient (Wildman–Crippen LogP) is 1.78. The molecule has 5 heteroatoms. The van der Waals surface area contributed by atoms with Crippen LogP contribution in [0.4, 0.5) is 5.82 Å². The molecule has 0 aliphatic rings. The van der Waals surface area contributed by atoms with Crippen LogP contribution in [-0.4, -0.2) is 27.6 Å². The van der Waals surface area contributed by atoms with Crippen molar-refractivity contribution < 1.29 is 9.90 Å². The van der Waals surface area contributed by atoms with Crippen molar-refractivity contribution in [2.45, 2.75) is 26.7 Å². The molecule has 0 radical (unpaired) electrons. The molecule has 0 atom stereocenters. The van der Waals surface area contributed by atoms with Crippen LogP contribution in [0.5, 0.6) is 0 Å². The summed E-state index contributed by atoms with van der Waals surface area (Å²) in [6.07, 6.45) is 5.91. The van der Waals surface area contributed by atoms with Gasteiger partial charge in [0.15, 0.2) is 0 Å². The van der Waals surface area contributed by atoms with Gasteiger partial charge in [-0.25, -0.2) is 4.98 Å². The molecule has 0 fully saturated rings. The van der Waals surface area contributed by atoms with Gasteiger partial charge < -0.3 is 10.4 Å². The van der Waals surface area contributed by atoms with E-state index in [1.807, 2.05) is 13.8 Å². The van der Waals surface area contributed by atoms with E-state index in [1.165, 1.54) is 0 Å². The summed E-state index contributed by atoms with van der Waals surface area (Å²) >= 11 is 0. The first-order valence-corrected chi connectivity index (χ1v) is 5.38. The summed E-state index contributed by atoms with van der Waals surface area (Å²) in [5.41, 5.74) is -0.725. The van der Waals surface area contributed by atoms with E-state index in [0.717, 1.165) is 0 Å². The highest BCUT2D eigenvalue weighted by atomic mass is 16.4. The monoisotopic (exact) mass is 223 g/mol. The molecule has 5 nitrogen and oxygen atoms in total. The average Bonchev–Trinajstić information content (AvgIpc) is 2.32. The van der Waals surface area contributed by atoms with Gasteiger partial charge in [-0.05, 0) is 12.8 Å². The van der Waals surface area contributed by atoms with Crippen LogP contribution in [0.1, 0.15) is 26.7 Å². The zero-order valence-corrected chi connectivity index (χ0v) is 9.60. The third-order valence-electron chi connectivity index (χ3n) is 2.98. The summed E-state index contributed by atoms with van der Waals surface area (Å²) in [4.78, 5) is 19.2. The Kier molecular flexibility index (Phi) is 4.22. The Morgan fingerprint density at radius 3 is 2.56 bits per heavy atom. The smallest absolute Gasteiger partial charge is 0.311 e. The molecule has 0 aromatic carbocycles. The van der Waals surface area contributed by atoms with E-state index in [2.05, 4.69) is 15.3 Å². The van der Waals surface area contributed by atoms with Crippen molar-refractivity contribution in [3.05, 3.63) is 18.6 Å². The van der Waals surface area contributed by atoms with Crippen LogP contribution >= 0.6 is 0 Å². The molecule has 0 unspecified atom stereocenters. The lowest BCUT2D eigenvalue weighted by atomic mass is 9.82. The number of aliphatic carboxylic acids is 1. The molecule has 88 valence electrons. The van der Waals surface area contributed by atoms with Crippen LogP contribution in [0.3, 0.4) is 0 Å². The van der Waals surface area contributed by atoms with Gasteiger partial charge in [-0.1, -0.05) is 13.8 Å². The van der Waals surface area contributed by atoms with E-state index in [9.17, 15) is 9.90 Å². The van der Waals surface area contributed by atoms with E-state index in [-0.39, 0.29) is 0 Å². The second-order valence-corrected chi connectivity index (χ2v) is 3.74. The molecule has 0 saturated heterocycles. The maximum atomic E-state index is 11.2. The van der Waals surface area contributed by atoms with Gasteiger partial charge in [-0.3, -0.25) is 9.78 Å². The summed E-state index contributed by atoms with van der Waals surface area (Å²) in [5.74, 6) is -0.163. The van der Waals surface area contributed by atoms with Crippen molar-refractivity contribution in [1.82, 2.24) is 9.97 Å². The lowest BCUT2D eigenvalue weighted by molar-refractivity contribution is -0.148.